The monoisotopic (exact) mass is 521 g/mol. The van der Waals surface area contributed by atoms with Gasteiger partial charge in [-0.05, 0) is 6.92 Å². The standard InChI is InChI=1S/C21H31NO14/c1-7-11(24)9(6-32-2)8(3-22-7)5-33-21-18(14(27)12(25)10(4-23)34-21)36-20(31)17-15(28)13(26)16(29)19(30)35-17/h3,10,12-19,21,23-30H,4-6H2,1-2H3/t10-,12-,13+,14+,15+,16-,17+,18-,19-,21-/m1/s1. The molecular formula is C21H31NO14. The summed E-state index contributed by atoms with van der Waals surface area (Å²) in [6.07, 6.45) is -16.6. The van der Waals surface area contributed by atoms with Crippen molar-refractivity contribution in [2.24, 2.45) is 0 Å². The lowest BCUT2D eigenvalue weighted by atomic mass is 9.97. The predicted molar refractivity (Wildman–Crippen MR) is 113 cm³/mol. The summed E-state index contributed by atoms with van der Waals surface area (Å²) in [5.41, 5.74) is 1.06. The topological polar surface area (TPSA) is 238 Å². The molecule has 0 bridgehead atoms. The minimum absolute atomic E-state index is 0.00579. The number of hydrogen-bond donors (Lipinski definition) is 8. The second-order valence-corrected chi connectivity index (χ2v) is 8.47. The molecule has 10 atom stereocenters. The fourth-order valence-electron chi connectivity index (χ4n) is 3.86. The molecule has 3 heterocycles. The SMILES string of the molecule is COCc1c(CO[C@@H]2O[C@H](CO)[C@@H](O)[C@H](O)[C@H]2OC(=O)[C@H]2O[C@@H](O)[C@H](O)[C@@H](O)[C@@H]2O)cnc(C)c1O. The van der Waals surface area contributed by atoms with E-state index in [0.717, 1.165) is 0 Å². The molecule has 15 heteroatoms. The molecule has 3 rings (SSSR count). The Morgan fingerprint density at radius 2 is 1.69 bits per heavy atom. The minimum Gasteiger partial charge on any atom is -0.506 e. The molecule has 2 saturated heterocycles. The number of aryl methyl sites for hydroxylation is 1. The Kier molecular flexibility index (Phi) is 9.53. The number of methoxy groups -OCH3 is 1. The van der Waals surface area contributed by atoms with Crippen LogP contribution in [0.25, 0.3) is 0 Å². The molecular weight excluding hydrogens is 490 g/mol. The molecule has 1 aromatic heterocycles. The van der Waals surface area contributed by atoms with E-state index in [4.69, 9.17) is 23.7 Å². The van der Waals surface area contributed by atoms with Crippen molar-refractivity contribution in [1.82, 2.24) is 4.98 Å². The second-order valence-electron chi connectivity index (χ2n) is 8.47. The van der Waals surface area contributed by atoms with Crippen LogP contribution in [0.2, 0.25) is 0 Å². The van der Waals surface area contributed by atoms with Crippen molar-refractivity contribution >= 4 is 5.97 Å². The zero-order valence-corrected chi connectivity index (χ0v) is 19.4. The molecule has 0 unspecified atom stereocenters. The highest BCUT2D eigenvalue weighted by Crippen LogP contribution is 2.30. The van der Waals surface area contributed by atoms with E-state index in [2.05, 4.69) is 4.98 Å². The summed E-state index contributed by atoms with van der Waals surface area (Å²) in [4.78, 5) is 16.7. The Morgan fingerprint density at radius 1 is 1.00 bits per heavy atom. The average molecular weight is 521 g/mol. The molecule has 0 radical (unpaired) electrons. The van der Waals surface area contributed by atoms with Crippen LogP contribution in [-0.4, -0.2) is 127 Å². The summed E-state index contributed by atoms with van der Waals surface area (Å²) < 4.78 is 26.2. The molecule has 15 nitrogen and oxygen atoms in total. The highest BCUT2D eigenvalue weighted by molar-refractivity contribution is 5.76. The Balaban J connectivity index is 1.80. The number of ether oxygens (including phenoxy) is 5. The molecule has 0 amide bonds. The summed E-state index contributed by atoms with van der Waals surface area (Å²) in [5, 5.41) is 79.8. The Bertz CT molecular complexity index is 902. The van der Waals surface area contributed by atoms with Gasteiger partial charge in [0.15, 0.2) is 24.8 Å². The third kappa shape index (κ3) is 5.76. The van der Waals surface area contributed by atoms with Crippen LogP contribution in [0.3, 0.4) is 0 Å². The van der Waals surface area contributed by atoms with Crippen molar-refractivity contribution in [3.63, 3.8) is 0 Å². The number of esters is 1. The predicted octanol–water partition coefficient (Wildman–Crippen LogP) is -4.09. The smallest absolute Gasteiger partial charge is 0.338 e. The van der Waals surface area contributed by atoms with Crippen LogP contribution in [0.1, 0.15) is 16.8 Å². The van der Waals surface area contributed by atoms with Gasteiger partial charge >= 0.3 is 5.97 Å². The fraction of sp³-hybridized carbons (Fsp3) is 0.714. The minimum atomic E-state index is -2.02. The second kappa shape index (κ2) is 12.0. The number of aromatic hydroxyl groups is 1. The van der Waals surface area contributed by atoms with Crippen LogP contribution < -0.4 is 0 Å². The lowest BCUT2D eigenvalue weighted by molar-refractivity contribution is -0.316. The van der Waals surface area contributed by atoms with Crippen LogP contribution in [-0.2, 0) is 41.7 Å². The summed E-state index contributed by atoms with van der Waals surface area (Å²) in [6.45, 7) is 0.565. The van der Waals surface area contributed by atoms with E-state index >= 15 is 0 Å². The summed E-state index contributed by atoms with van der Waals surface area (Å²) in [6, 6.07) is 0. The van der Waals surface area contributed by atoms with E-state index in [-0.39, 0.29) is 19.0 Å². The van der Waals surface area contributed by atoms with E-state index in [1.54, 1.807) is 6.92 Å². The Hall–Kier alpha value is -2.02. The van der Waals surface area contributed by atoms with Gasteiger partial charge in [0.2, 0.25) is 0 Å². The number of aliphatic hydroxyl groups excluding tert-OH is 7. The van der Waals surface area contributed by atoms with Crippen molar-refractivity contribution in [2.45, 2.75) is 81.5 Å². The summed E-state index contributed by atoms with van der Waals surface area (Å²) in [7, 11) is 1.41. The summed E-state index contributed by atoms with van der Waals surface area (Å²) >= 11 is 0. The van der Waals surface area contributed by atoms with E-state index in [1.807, 2.05) is 0 Å². The molecule has 2 fully saturated rings. The quantitative estimate of drug-likeness (QED) is 0.152. The zero-order valence-electron chi connectivity index (χ0n) is 19.4. The van der Waals surface area contributed by atoms with Crippen molar-refractivity contribution in [3.05, 3.63) is 23.0 Å². The average Bonchev–Trinajstić information content (AvgIpc) is 2.86. The van der Waals surface area contributed by atoms with Crippen LogP contribution in [0.5, 0.6) is 5.75 Å². The number of carbonyl (C=O) groups excluding carboxylic acids is 1. The number of pyridine rings is 1. The van der Waals surface area contributed by atoms with Gasteiger partial charge in [-0.2, -0.15) is 0 Å². The molecule has 0 spiro atoms. The van der Waals surface area contributed by atoms with Gasteiger partial charge in [-0.3, -0.25) is 4.98 Å². The molecule has 8 N–H and O–H groups in total. The van der Waals surface area contributed by atoms with E-state index in [1.165, 1.54) is 13.3 Å². The highest BCUT2D eigenvalue weighted by Gasteiger charge is 2.51. The Morgan fingerprint density at radius 3 is 2.33 bits per heavy atom. The lowest BCUT2D eigenvalue weighted by Gasteiger charge is -2.42. The van der Waals surface area contributed by atoms with Gasteiger partial charge in [0.05, 0.1) is 25.5 Å². The van der Waals surface area contributed by atoms with Crippen molar-refractivity contribution in [3.8, 4) is 5.75 Å². The first-order valence-electron chi connectivity index (χ1n) is 11.0. The van der Waals surface area contributed by atoms with Gasteiger partial charge in [-0.1, -0.05) is 0 Å². The van der Waals surface area contributed by atoms with Crippen molar-refractivity contribution in [1.29, 1.82) is 0 Å². The third-order valence-corrected chi connectivity index (χ3v) is 6.02. The molecule has 1 aromatic rings. The first-order chi connectivity index (χ1) is 17.0. The third-order valence-electron chi connectivity index (χ3n) is 6.02. The number of hydrogen-bond acceptors (Lipinski definition) is 15. The van der Waals surface area contributed by atoms with Crippen LogP contribution in [0.4, 0.5) is 0 Å². The van der Waals surface area contributed by atoms with Gasteiger partial charge in [0.25, 0.3) is 0 Å². The molecule has 0 aliphatic carbocycles. The number of rotatable bonds is 8. The lowest BCUT2D eigenvalue weighted by Crippen LogP contribution is -2.63. The maximum Gasteiger partial charge on any atom is 0.338 e. The van der Waals surface area contributed by atoms with E-state index in [0.29, 0.717) is 16.8 Å². The highest BCUT2D eigenvalue weighted by atomic mass is 16.7. The Labute approximate surface area is 205 Å². The van der Waals surface area contributed by atoms with Gasteiger partial charge in [0.1, 0.15) is 42.4 Å². The number of aromatic nitrogens is 1. The fourth-order valence-corrected chi connectivity index (χ4v) is 3.86. The molecule has 2 aliphatic rings. The van der Waals surface area contributed by atoms with Gasteiger partial charge in [-0.15, -0.1) is 0 Å². The van der Waals surface area contributed by atoms with Crippen LogP contribution in [0.15, 0.2) is 6.20 Å². The molecule has 2 aliphatic heterocycles. The van der Waals surface area contributed by atoms with Gasteiger partial charge in [0, 0.05) is 24.4 Å². The van der Waals surface area contributed by atoms with Gasteiger partial charge in [-0.25, -0.2) is 4.79 Å². The number of nitrogens with zero attached hydrogens (tertiary/aromatic N) is 1. The number of aliphatic hydroxyl groups is 7. The molecule has 0 aromatic carbocycles. The van der Waals surface area contributed by atoms with Crippen molar-refractivity contribution in [2.75, 3.05) is 13.7 Å². The maximum absolute atomic E-state index is 12.7. The first kappa shape index (κ1) is 28.5. The molecule has 0 saturated carbocycles. The van der Waals surface area contributed by atoms with E-state index < -0.39 is 74.0 Å². The van der Waals surface area contributed by atoms with Crippen LogP contribution >= 0.6 is 0 Å². The van der Waals surface area contributed by atoms with E-state index in [9.17, 15) is 45.6 Å². The first-order valence-corrected chi connectivity index (χ1v) is 11.0. The van der Waals surface area contributed by atoms with Gasteiger partial charge < -0.3 is 64.5 Å². The molecule has 204 valence electrons. The molecule has 36 heavy (non-hydrogen) atoms. The number of carbonyl (C=O) groups is 1. The largest absolute Gasteiger partial charge is 0.506 e. The summed E-state index contributed by atoms with van der Waals surface area (Å²) in [5.74, 6) is -1.50. The maximum atomic E-state index is 12.7. The van der Waals surface area contributed by atoms with Crippen molar-refractivity contribution < 1.29 is 69.3 Å². The normalized spacial score (nSPS) is 37.0. The van der Waals surface area contributed by atoms with Crippen LogP contribution in [0, 0.1) is 6.92 Å². The zero-order chi connectivity index (χ0) is 26.7.